The highest BCUT2D eigenvalue weighted by Crippen LogP contribution is 2.22. The van der Waals surface area contributed by atoms with E-state index in [0.29, 0.717) is 5.69 Å². The summed E-state index contributed by atoms with van der Waals surface area (Å²) in [6, 6.07) is 6.06. The summed E-state index contributed by atoms with van der Waals surface area (Å²) in [5.41, 5.74) is 1.86. The van der Waals surface area contributed by atoms with Crippen molar-refractivity contribution in [3.8, 4) is 6.07 Å². The summed E-state index contributed by atoms with van der Waals surface area (Å²) >= 11 is 0. The van der Waals surface area contributed by atoms with Crippen molar-refractivity contribution < 1.29 is 0 Å². The largest absolute Gasteiger partial charge is 0.314 e. The predicted molar refractivity (Wildman–Crippen MR) is 70.9 cm³/mol. The highest BCUT2D eigenvalue weighted by atomic mass is 15.1. The number of hydrogen-bond acceptors (Lipinski definition) is 4. The summed E-state index contributed by atoms with van der Waals surface area (Å²) in [5, 5.41) is 12.4. The van der Waals surface area contributed by atoms with E-state index in [1.807, 2.05) is 19.2 Å². The molecule has 1 fully saturated rings. The highest BCUT2D eigenvalue weighted by molar-refractivity contribution is 5.30. The van der Waals surface area contributed by atoms with Crippen LogP contribution in [0.25, 0.3) is 0 Å². The van der Waals surface area contributed by atoms with E-state index in [-0.39, 0.29) is 5.54 Å². The Bertz CT molecular complexity index is 441. The maximum absolute atomic E-state index is 9.03. The molecule has 4 heteroatoms. The molecule has 1 saturated heterocycles. The maximum Gasteiger partial charge on any atom is 0.144 e. The Morgan fingerprint density at radius 3 is 2.83 bits per heavy atom. The molecule has 96 valence electrons. The van der Waals surface area contributed by atoms with E-state index in [9.17, 15) is 0 Å². The van der Waals surface area contributed by atoms with Crippen LogP contribution in [0.5, 0.6) is 0 Å². The molecule has 0 radical (unpaired) electrons. The second-order valence-electron chi connectivity index (χ2n) is 5.21. The van der Waals surface area contributed by atoms with Gasteiger partial charge in [-0.3, -0.25) is 4.90 Å². The third-order valence-electron chi connectivity index (χ3n) is 3.95. The normalized spacial score (nSPS) is 19.4. The summed E-state index contributed by atoms with van der Waals surface area (Å²) < 4.78 is 0. The number of hydrogen-bond donors (Lipinski definition) is 1. The Kier molecular flexibility index (Phi) is 3.95. The number of rotatable bonds is 3. The van der Waals surface area contributed by atoms with Crippen LogP contribution in [0.15, 0.2) is 18.3 Å². The highest BCUT2D eigenvalue weighted by Gasteiger charge is 2.28. The lowest BCUT2D eigenvalue weighted by molar-refractivity contribution is 0.146. The number of likely N-dealkylation sites (tertiary alicyclic amines) is 1. The fourth-order valence-electron chi connectivity index (χ4n) is 2.36. The van der Waals surface area contributed by atoms with E-state index in [1.54, 1.807) is 6.20 Å². The minimum absolute atomic E-state index is 0.267. The van der Waals surface area contributed by atoms with Crippen LogP contribution in [0.3, 0.4) is 0 Å². The molecule has 1 N–H and O–H groups in total. The lowest BCUT2D eigenvalue weighted by atomic mass is 9.90. The predicted octanol–water partition coefficient (Wildman–Crippen LogP) is 1.53. The van der Waals surface area contributed by atoms with Gasteiger partial charge in [0, 0.05) is 36.9 Å². The second-order valence-corrected chi connectivity index (χ2v) is 5.21. The molecule has 0 amide bonds. The fraction of sp³-hybridized carbons (Fsp3) is 0.571. The molecule has 0 unspecified atom stereocenters. The van der Waals surface area contributed by atoms with Crippen molar-refractivity contribution in [2.45, 2.75) is 31.8 Å². The monoisotopic (exact) mass is 244 g/mol. The van der Waals surface area contributed by atoms with Gasteiger partial charge in [0.1, 0.15) is 11.8 Å². The summed E-state index contributed by atoms with van der Waals surface area (Å²) in [4.78, 5) is 6.51. The van der Waals surface area contributed by atoms with Crippen molar-refractivity contribution in [3.05, 3.63) is 29.6 Å². The quantitative estimate of drug-likeness (QED) is 0.876. The van der Waals surface area contributed by atoms with Gasteiger partial charge in [0.2, 0.25) is 0 Å². The summed E-state index contributed by atoms with van der Waals surface area (Å²) in [6.07, 6.45) is 3.97. The number of nitrogens with zero attached hydrogens (tertiary/aromatic N) is 3. The summed E-state index contributed by atoms with van der Waals surface area (Å²) in [7, 11) is 2.03. The van der Waals surface area contributed by atoms with Crippen LogP contribution in [0.2, 0.25) is 0 Å². The Morgan fingerprint density at radius 2 is 2.22 bits per heavy atom. The van der Waals surface area contributed by atoms with Gasteiger partial charge in [-0.1, -0.05) is 6.07 Å². The van der Waals surface area contributed by atoms with Crippen molar-refractivity contribution in [2.24, 2.45) is 0 Å². The van der Waals surface area contributed by atoms with Crippen LogP contribution in [0.1, 0.15) is 31.0 Å². The molecule has 1 aliphatic rings. The van der Waals surface area contributed by atoms with E-state index < -0.39 is 0 Å². The van der Waals surface area contributed by atoms with E-state index in [4.69, 9.17) is 5.26 Å². The molecule has 0 aromatic carbocycles. The van der Waals surface area contributed by atoms with Gasteiger partial charge >= 0.3 is 0 Å². The molecule has 2 rings (SSSR count). The lowest BCUT2D eigenvalue weighted by Crippen LogP contribution is -2.49. The number of aromatic nitrogens is 1. The van der Waals surface area contributed by atoms with Crippen LogP contribution >= 0.6 is 0 Å². The number of pyridine rings is 1. The van der Waals surface area contributed by atoms with Gasteiger partial charge in [0.05, 0.1) is 0 Å². The van der Waals surface area contributed by atoms with Gasteiger partial charge in [-0.25, -0.2) is 4.98 Å². The fourth-order valence-corrected chi connectivity index (χ4v) is 2.36. The topological polar surface area (TPSA) is 52.0 Å². The van der Waals surface area contributed by atoms with E-state index in [0.717, 1.165) is 38.0 Å². The smallest absolute Gasteiger partial charge is 0.144 e. The van der Waals surface area contributed by atoms with Crippen LogP contribution in [-0.2, 0) is 6.54 Å². The first-order chi connectivity index (χ1) is 8.67. The van der Waals surface area contributed by atoms with Gasteiger partial charge in [-0.05, 0) is 32.9 Å². The molecule has 1 aromatic rings. The molecule has 1 aromatic heterocycles. The zero-order valence-corrected chi connectivity index (χ0v) is 11.1. The van der Waals surface area contributed by atoms with Gasteiger partial charge in [0.25, 0.3) is 0 Å². The van der Waals surface area contributed by atoms with Crippen LogP contribution in [0, 0.1) is 11.3 Å². The SMILES string of the molecule is CNC1(C)CCN(Cc2cccnc2C#N)CC1. The molecule has 2 heterocycles. The first-order valence-corrected chi connectivity index (χ1v) is 6.42. The van der Waals surface area contributed by atoms with Gasteiger partial charge < -0.3 is 5.32 Å². The maximum atomic E-state index is 9.03. The van der Waals surface area contributed by atoms with Gasteiger partial charge in [-0.15, -0.1) is 0 Å². The van der Waals surface area contributed by atoms with E-state index >= 15 is 0 Å². The number of piperidine rings is 1. The molecule has 0 bridgehead atoms. The summed E-state index contributed by atoms with van der Waals surface area (Å²) in [6.45, 7) is 5.24. The van der Waals surface area contributed by atoms with Crippen LogP contribution in [-0.4, -0.2) is 35.6 Å². The second kappa shape index (κ2) is 5.47. The number of nitrogens with one attached hydrogen (secondary N) is 1. The Balaban J connectivity index is 1.98. The van der Waals surface area contributed by atoms with Crippen molar-refractivity contribution in [3.63, 3.8) is 0 Å². The standard InChI is InChI=1S/C14H20N4/c1-14(16-2)5-8-18(9-6-14)11-12-4-3-7-17-13(12)10-15/h3-4,7,16H,5-6,8-9,11H2,1-2H3. The van der Waals surface area contributed by atoms with E-state index in [1.165, 1.54) is 0 Å². The van der Waals surface area contributed by atoms with Crippen molar-refractivity contribution in [1.29, 1.82) is 5.26 Å². The minimum atomic E-state index is 0.267. The summed E-state index contributed by atoms with van der Waals surface area (Å²) in [5.74, 6) is 0. The minimum Gasteiger partial charge on any atom is -0.314 e. The first kappa shape index (κ1) is 13.0. The third-order valence-corrected chi connectivity index (χ3v) is 3.95. The molecular formula is C14H20N4. The molecule has 0 spiro atoms. The zero-order valence-electron chi connectivity index (χ0n) is 11.1. The van der Waals surface area contributed by atoms with E-state index in [2.05, 4.69) is 28.2 Å². The molecule has 0 aliphatic carbocycles. The van der Waals surface area contributed by atoms with Crippen molar-refractivity contribution >= 4 is 0 Å². The Morgan fingerprint density at radius 1 is 1.50 bits per heavy atom. The lowest BCUT2D eigenvalue weighted by Gasteiger charge is -2.39. The first-order valence-electron chi connectivity index (χ1n) is 6.42. The average molecular weight is 244 g/mol. The van der Waals surface area contributed by atoms with Crippen molar-refractivity contribution in [1.82, 2.24) is 15.2 Å². The zero-order chi connectivity index (χ0) is 13.0. The number of nitriles is 1. The Labute approximate surface area is 109 Å². The molecule has 4 nitrogen and oxygen atoms in total. The Hall–Kier alpha value is -1.44. The van der Waals surface area contributed by atoms with Gasteiger partial charge in [0.15, 0.2) is 0 Å². The van der Waals surface area contributed by atoms with Gasteiger partial charge in [-0.2, -0.15) is 5.26 Å². The van der Waals surface area contributed by atoms with Crippen LogP contribution < -0.4 is 5.32 Å². The molecule has 0 atom stereocenters. The average Bonchev–Trinajstić information content (AvgIpc) is 2.42. The third kappa shape index (κ3) is 2.87. The molecule has 1 aliphatic heterocycles. The molecular weight excluding hydrogens is 224 g/mol. The van der Waals surface area contributed by atoms with Crippen LogP contribution in [0.4, 0.5) is 0 Å². The molecule has 0 saturated carbocycles. The molecule has 18 heavy (non-hydrogen) atoms. The van der Waals surface area contributed by atoms with Crippen molar-refractivity contribution in [2.75, 3.05) is 20.1 Å².